The second-order valence-electron chi connectivity index (χ2n) is 5.59. The Labute approximate surface area is 134 Å². The van der Waals surface area contributed by atoms with E-state index in [0.29, 0.717) is 37.4 Å². The number of carbonyl (C=O) groups excluding carboxylic acids is 1. The van der Waals surface area contributed by atoms with Crippen molar-refractivity contribution in [2.75, 3.05) is 13.1 Å². The predicted octanol–water partition coefficient (Wildman–Crippen LogP) is 0.871. The predicted molar refractivity (Wildman–Crippen MR) is 82.4 cm³/mol. The van der Waals surface area contributed by atoms with Gasteiger partial charge < -0.3 is 9.42 Å². The maximum Gasteiger partial charge on any atom is 0.276 e. The summed E-state index contributed by atoms with van der Waals surface area (Å²) in [6.07, 6.45) is 1.23. The zero-order valence-corrected chi connectivity index (χ0v) is 13.5. The molecule has 3 rings (SSSR count). The number of fused-ring (bicyclic) bond motifs is 1. The number of carbonyl (C=O) groups is 1. The minimum absolute atomic E-state index is 0.100. The van der Waals surface area contributed by atoms with Gasteiger partial charge in [0.1, 0.15) is 5.76 Å². The van der Waals surface area contributed by atoms with Gasteiger partial charge in [-0.1, -0.05) is 11.2 Å². The number of nitrogens with two attached hydrogens (primary N) is 1. The fourth-order valence-electron chi connectivity index (χ4n) is 2.71. The molecule has 7 nitrogen and oxygen atoms in total. The number of primary sulfonamides is 1. The molecule has 1 aliphatic rings. The molecule has 2 heterocycles. The highest BCUT2D eigenvalue weighted by Gasteiger charge is 2.23. The van der Waals surface area contributed by atoms with Crippen LogP contribution in [0.3, 0.4) is 0 Å². The van der Waals surface area contributed by atoms with Gasteiger partial charge in [-0.3, -0.25) is 4.79 Å². The number of hydrogen-bond acceptors (Lipinski definition) is 5. The second-order valence-corrected chi connectivity index (χ2v) is 7.15. The third-order valence-electron chi connectivity index (χ3n) is 3.94. The van der Waals surface area contributed by atoms with Gasteiger partial charge in [0.15, 0.2) is 5.69 Å². The molecule has 2 aromatic rings. The van der Waals surface area contributed by atoms with Crippen molar-refractivity contribution < 1.29 is 17.7 Å². The van der Waals surface area contributed by atoms with Crippen molar-refractivity contribution in [1.29, 1.82) is 0 Å². The Morgan fingerprint density at radius 3 is 2.52 bits per heavy atom. The van der Waals surface area contributed by atoms with E-state index < -0.39 is 10.0 Å². The first-order chi connectivity index (χ1) is 10.8. The van der Waals surface area contributed by atoms with Crippen LogP contribution in [0, 0.1) is 6.92 Å². The molecule has 0 unspecified atom stereocenters. The zero-order valence-electron chi connectivity index (χ0n) is 12.7. The van der Waals surface area contributed by atoms with E-state index >= 15 is 0 Å². The lowest BCUT2D eigenvalue weighted by molar-refractivity contribution is 0.0752. The van der Waals surface area contributed by atoms with Crippen molar-refractivity contribution in [3.05, 3.63) is 46.8 Å². The number of rotatable bonds is 2. The molecule has 122 valence electrons. The number of nitrogens with zero attached hydrogens (tertiary/aromatic N) is 2. The summed E-state index contributed by atoms with van der Waals surface area (Å²) in [6, 6.07) is 6.48. The van der Waals surface area contributed by atoms with Crippen molar-refractivity contribution >= 4 is 15.9 Å². The first kappa shape index (κ1) is 15.7. The first-order valence-electron chi connectivity index (χ1n) is 7.22. The quantitative estimate of drug-likeness (QED) is 0.876. The summed E-state index contributed by atoms with van der Waals surface area (Å²) in [7, 11) is -3.72. The highest BCUT2D eigenvalue weighted by atomic mass is 32.2. The minimum atomic E-state index is -3.72. The van der Waals surface area contributed by atoms with Crippen molar-refractivity contribution in [2.45, 2.75) is 24.7 Å². The van der Waals surface area contributed by atoms with Crippen LogP contribution in [0.15, 0.2) is 33.7 Å². The average molecular weight is 335 g/mol. The monoisotopic (exact) mass is 335 g/mol. The highest BCUT2D eigenvalue weighted by molar-refractivity contribution is 7.89. The Kier molecular flexibility index (Phi) is 3.95. The number of aryl methyl sites for hydroxylation is 1. The normalized spacial score (nSPS) is 15.1. The molecular weight excluding hydrogens is 318 g/mol. The van der Waals surface area contributed by atoms with Gasteiger partial charge in [0.25, 0.3) is 5.91 Å². The summed E-state index contributed by atoms with van der Waals surface area (Å²) in [5.74, 6) is 0.408. The largest absolute Gasteiger partial charge is 0.361 e. The van der Waals surface area contributed by atoms with Crippen LogP contribution in [0.1, 0.15) is 27.4 Å². The first-order valence-corrected chi connectivity index (χ1v) is 8.76. The minimum Gasteiger partial charge on any atom is -0.361 e. The summed E-state index contributed by atoms with van der Waals surface area (Å²) >= 11 is 0. The van der Waals surface area contributed by atoms with E-state index in [0.717, 1.165) is 11.1 Å². The standard InChI is InChI=1S/C15H17N3O4S/c1-10-8-14(17-22-10)15(19)18-6-4-11-2-3-13(23(16,20)21)9-12(11)5-7-18/h2-3,8-9H,4-7H2,1H3,(H2,16,20,21). The number of hydrogen-bond donors (Lipinski definition) is 1. The molecule has 0 spiro atoms. The van der Waals surface area contributed by atoms with Gasteiger partial charge in [0.2, 0.25) is 10.0 Å². The summed E-state index contributed by atoms with van der Waals surface area (Å²) in [5, 5.41) is 8.93. The number of aromatic nitrogens is 1. The van der Waals surface area contributed by atoms with Crippen LogP contribution in [0.4, 0.5) is 0 Å². The van der Waals surface area contributed by atoms with Gasteiger partial charge in [0, 0.05) is 19.2 Å². The Bertz CT molecular complexity index is 857. The maximum absolute atomic E-state index is 12.4. The zero-order chi connectivity index (χ0) is 16.6. The molecule has 0 saturated heterocycles. The van der Waals surface area contributed by atoms with Crippen molar-refractivity contribution in [2.24, 2.45) is 5.14 Å². The number of amides is 1. The second kappa shape index (κ2) is 5.78. The third-order valence-corrected chi connectivity index (χ3v) is 4.85. The van der Waals surface area contributed by atoms with E-state index in [1.165, 1.54) is 6.07 Å². The van der Waals surface area contributed by atoms with E-state index in [1.54, 1.807) is 30.0 Å². The lowest BCUT2D eigenvalue weighted by atomic mass is 10.0. The summed E-state index contributed by atoms with van der Waals surface area (Å²) < 4.78 is 27.9. The lowest BCUT2D eigenvalue weighted by Crippen LogP contribution is -2.33. The van der Waals surface area contributed by atoms with E-state index in [1.807, 2.05) is 0 Å². The summed E-state index contributed by atoms with van der Waals surface area (Å²) in [6.45, 7) is 2.77. The molecule has 0 bridgehead atoms. The molecular formula is C15H17N3O4S. The highest BCUT2D eigenvalue weighted by Crippen LogP contribution is 2.20. The fraction of sp³-hybridized carbons (Fsp3) is 0.333. The maximum atomic E-state index is 12.4. The van der Waals surface area contributed by atoms with Gasteiger partial charge in [0.05, 0.1) is 4.90 Å². The van der Waals surface area contributed by atoms with Crippen LogP contribution in [-0.4, -0.2) is 37.5 Å². The number of sulfonamides is 1. The van der Waals surface area contributed by atoms with E-state index in [-0.39, 0.29) is 10.8 Å². The molecule has 2 N–H and O–H groups in total. The van der Waals surface area contributed by atoms with Crippen LogP contribution < -0.4 is 5.14 Å². The molecule has 23 heavy (non-hydrogen) atoms. The smallest absolute Gasteiger partial charge is 0.276 e. The van der Waals surface area contributed by atoms with E-state index in [4.69, 9.17) is 9.66 Å². The summed E-state index contributed by atoms with van der Waals surface area (Å²) in [5.41, 5.74) is 2.23. The molecule has 1 amide bonds. The molecule has 0 atom stereocenters. The molecule has 1 aromatic heterocycles. The molecule has 0 aliphatic carbocycles. The van der Waals surface area contributed by atoms with E-state index in [2.05, 4.69) is 5.16 Å². The molecule has 0 saturated carbocycles. The van der Waals surface area contributed by atoms with Gasteiger partial charge in [-0.2, -0.15) is 0 Å². The summed E-state index contributed by atoms with van der Waals surface area (Å²) in [4.78, 5) is 14.2. The SMILES string of the molecule is Cc1cc(C(=O)N2CCc3ccc(S(N)(=O)=O)cc3CC2)no1. The Morgan fingerprint density at radius 2 is 1.91 bits per heavy atom. The lowest BCUT2D eigenvalue weighted by Gasteiger charge is -2.18. The van der Waals surface area contributed by atoms with Crippen molar-refractivity contribution in [3.63, 3.8) is 0 Å². The van der Waals surface area contributed by atoms with Gasteiger partial charge in [-0.15, -0.1) is 0 Å². The van der Waals surface area contributed by atoms with Crippen LogP contribution >= 0.6 is 0 Å². The van der Waals surface area contributed by atoms with Crippen LogP contribution in [-0.2, 0) is 22.9 Å². The van der Waals surface area contributed by atoms with Crippen LogP contribution in [0.2, 0.25) is 0 Å². The molecule has 1 aliphatic heterocycles. The van der Waals surface area contributed by atoms with Gasteiger partial charge >= 0.3 is 0 Å². The third kappa shape index (κ3) is 3.27. The molecule has 1 aromatic carbocycles. The number of benzene rings is 1. The fourth-order valence-corrected chi connectivity index (χ4v) is 3.28. The average Bonchev–Trinajstić information content (AvgIpc) is 2.81. The molecule has 0 radical (unpaired) electrons. The van der Waals surface area contributed by atoms with E-state index in [9.17, 15) is 13.2 Å². The molecule has 8 heteroatoms. The van der Waals surface area contributed by atoms with Crippen LogP contribution in [0.5, 0.6) is 0 Å². The van der Waals surface area contributed by atoms with Crippen LogP contribution in [0.25, 0.3) is 0 Å². The Hall–Kier alpha value is -2.19. The Morgan fingerprint density at radius 1 is 1.22 bits per heavy atom. The van der Waals surface area contributed by atoms with Crippen molar-refractivity contribution in [3.8, 4) is 0 Å². The van der Waals surface area contributed by atoms with Gasteiger partial charge in [-0.25, -0.2) is 13.6 Å². The van der Waals surface area contributed by atoms with Gasteiger partial charge in [-0.05, 0) is 43.0 Å². The molecule has 0 fully saturated rings. The topological polar surface area (TPSA) is 106 Å². The van der Waals surface area contributed by atoms with Crippen molar-refractivity contribution in [1.82, 2.24) is 10.1 Å². The Balaban J connectivity index is 1.81.